The number of nitrogens with zero attached hydrogens (tertiary/aromatic N) is 1. The summed E-state index contributed by atoms with van der Waals surface area (Å²) in [5.74, 6) is 0. The minimum absolute atomic E-state index is 0.0642. The van der Waals surface area contributed by atoms with Crippen LogP contribution in [0.3, 0.4) is 0 Å². The molecule has 4 nitrogen and oxygen atoms in total. The fourth-order valence-electron chi connectivity index (χ4n) is 2.03. The van der Waals surface area contributed by atoms with Gasteiger partial charge in [0.1, 0.15) is 5.02 Å². The van der Waals surface area contributed by atoms with Gasteiger partial charge in [0.2, 0.25) is 0 Å². The molecule has 0 saturated heterocycles. The van der Waals surface area contributed by atoms with Gasteiger partial charge in [0.15, 0.2) is 0 Å². The lowest BCUT2D eigenvalue weighted by molar-refractivity contribution is -0.384. The molecule has 21 heavy (non-hydrogen) atoms. The van der Waals surface area contributed by atoms with Crippen LogP contribution in [0.5, 0.6) is 0 Å². The molecule has 0 fully saturated rings. The molecule has 0 bridgehead atoms. The Morgan fingerprint density at radius 2 is 1.90 bits per heavy atom. The van der Waals surface area contributed by atoms with E-state index in [0.29, 0.717) is 0 Å². The van der Waals surface area contributed by atoms with Crippen molar-refractivity contribution < 1.29 is 4.92 Å². The largest absolute Gasteiger partial charge is 0.378 e. The van der Waals surface area contributed by atoms with Crippen molar-refractivity contribution in [3.63, 3.8) is 0 Å². The van der Waals surface area contributed by atoms with E-state index in [4.69, 9.17) is 11.6 Å². The molecule has 0 spiro atoms. The molecule has 0 radical (unpaired) electrons. The van der Waals surface area contributed by atoms with Crippen LogP contribution in [0.2, 0.25) is 5.02 Å². The van der Waals surface area contributed by atoms with E-state index in [2.05, 4.69) is 21.2 Å². The number of hydrogen-bond acceptors (Lipinski definition) is 3. The molecule has 1 atom stereocenters. The molecule has 0 aliphatic carbocycles. The Labute approximate surface area is 136 Å². The molecule has 110 valence electrons. The number of anilines is 1. The second-order valence-electron chi connectivity index (χ2n) is 4.79. The lowest BCUT2D eigenvalue weighted by atomic mass is 10.1. The van der Waals surface area contributed by atoms with Crippen LogP contribution < -0.4 is 5.32 Å². The molecular weight excluding hydrogens is 356 g/mol. The molecule has 2 aromatic carbocycles. The number of benzene rings is 2. The van der Waals surface area contributed by atoms with E-state index in [0.717, 1.165) is 21.3 Å². The van der Waals surface area contributed by atoms with Gasteiger partial charge in [-0.15, -0.1) is 0 Å². The maximum Gasteiger partial charge on any atom is 0.288 e. The highest BCUT2D eigenvalue weighted by Gasteiger charge is 2.16. The van der Waals surface area contributed by atoms with E-state index in [1.165, 1.54) is 6.07 Å². The highest BCUT2D eigenvalue weighted by Crippen LogP contribution is 2.32. The van der Waals surface area contributed by atoms with Crippen LogP contribution in [0.4, 0.5) is 11.4 Å². The van der Waals surface area contributed by atoms with Gasteiger partial charge in [-0.1, -0.05) is 39.7 Å². The van der Waals surface area contributed by atoms with Gasteiger partial charge in [0, 0.05) is 22.3 Å². The minimum atomic E-state index is -0.475. The number of hydrogen-bond donors (Lipinski definition) is 1. The summed E-state index contributed by atoms with van der Waals surface area (Å²) in [7, 11) is 0. The van der Waals surface area contributed by atoms with Crippen LogP contribution in [0, 0.1) is 17.0 Å². The van der Waals surface area contributed by atoms with Gasteiger partial charge in [-0.25, -0.2) is 0 Å². The first-order valence-electron chi connectivity index (χ1n) is 6.35. The summed E-state index contributed by atoms with van der Waals surface area (Å²) in [5.41, 5.74) is 2.62. The average molecular weight is 370 g/mol. The lowest BCUT2D eigenvalue weighted by Crippen LogP contribution is -2.08. The zero-order valence-electron chi connectivity index (χ0n) is 11.6. The topological polar surface area (TPSA) is 55.2 Å². The second-order valence-corrected chi connectivity index (χ2v) is 6.12. The zero-order valence-corrected chi connectivity index (χ0v) is 13.9. The summed E-state index contributed by atoms with van der Waals surface area (Å²) in [6.45, 7) is 3.85. The Morgan fingerprint density at radius 3 is 2.48 bits per heavy atom. The first-order chi connectivity index (χ1) is 9.88. The Hall–Kier alpha value is -1.59. The van der Waals surface area contributed by atoms with Crippen LogP contribution in [0.25, 0.3) is 0 Å². The Balaban J connectivity index is 2.25. The number of nitrogens with one attached hydrogen (secondary N) is 1. The third-order valence-electron chi connectivity index (χ3n) is 3.23. The van der Waals surface area contributed by atoms with Gasteiger partial charge < -0.3 is 5.32 Å². The molecule has 0 aliphatic heterocycles. The highest BCUT2D eigenvalue weighted by atomic mass is 79.9. The van der Waals surface area contributed by atoms with Crippen LogP contribution in [0.1, 0.15) is 24.1 Å². The summed E-state index contributed by atoms with van der Waals surface area (Å²) >= 11 is 9.36. The SMILES string of the molecule is Cc1cc([N+](=O)[O-])c(Cl)cc1NC(C)c1ccc(Br)cc1. The maximum atomic E-state index is 10.9. The fraction of sp³-hybridized carbons (Fsp3) is 0.200. The normalized spacial score (nSPS) is 12.0. The van der Waals surface area contributed by atoms with Gasteiger partial charge in [-0.05, 0) is 43.2 Å². The van der Waals surface area contributed by atoms with Crippen LogP contribution in [-0.2, 0) is 0 Å². The predicted octanol–water partition coefficient (Wildman–Crippen LogP) is 5.49. The molecule has 0 aromatic heterocycles. The van der Waals surface area contributed by atoms with E-state index in [9.17, 15) is 10.1 Å². The molecular formula is C15H14BrClN2O2. The van der Waals surface area contributed by atoms with E-state index in [1.54, 1.807) is 6.07 Å². The number of aryl methyl sites for hydroxylation is 1. The third kappa shape index (κ3) is 3.74. The third-order valence-corrected chi connectivity index (χ3v) is 4.06. The summed E-state index contributed by atoms with van der Waals surface area (Å²) in [5, 5.41) is 14.3. The lowest BCUT2D eigenvalue weighted by Gasteiger charge is -2.18. The van der Waals surface area contributed by atoms with Gasteiger partial charge in [-0.3, -0.25) is 10.1 Å². The van der Waals surface area contributed by atoms with E-state index >= 15 is 0 Å². The van der Waals surface area contributed by atoms with Crippen molar-refractivity contribution in [1.29, 1.82) is 0 Å². The van der Waals surface area contributed by atoms with Gasteiger partial charge in [0.05, 0.1) is 4.92 Å². The smallest absolute Gasteiger partial charge is 0.288 e. The molecule has 2 rings (SSSR count). The van der Waals surface area contributed by atoms with E-state index < -0.39 is 4.92 Å². The Kier molecular flexibility index (Phi) is 4.85. The molecule has 1 unspecified atom stereocenters. The molecule has 2 aromatic rings. The number of nitro benzene ring substituents is 1. The van der Waals surface area contributed by atoms with E-state index in [-0.39, 0.29) is 16.8 Å². The van der Waals surface area contributed by atoms with Gasteiger partial charge >= 0.3 is 0 Å². The summed E-state index contributed by atoms with van der Waals surface area (Å²) in [4.78, 5) is 10.4. The van der Waals surface area contributed by atoms with Crippen molar-refractivity contribution in [3.05, 3.63) is 67.1 Å². The minimum Gasteiger partial charge on any atom is -0.378 e. The first-order valence-corrected chi connectivity index (χ1v) is 7.52. The summed E-state index contributed by atoms with van der Waals surface area (Å²) < 4.78 is 1.02. The molecule has 0 heterocycles. The molecule has 0 saturated carbocycles. The monoisotopic (exact) mass is 368 g/mol. The summed E-state index contributed by atoms with van der Waals surface area (Å²) in [6, 6.07) is 11.1. The van der Waals surface area contributed by atoms with Crippen molar-refractivity contribution in [3.8, 4) is 0 Å². The highest BCUT2D eigenvalue weighted by molar-refractivity contribution is 9.10. The van der Waals surface area contributed by atoms with Crippen molar-refractivity contribution in [2.75, 3.05) is 5.32 Å². The number of rotatable bonds is 4. The van der Waals surface area contributed by atoms with Crippen LogP contribution in [-0.4, -0.2) is 4.92 Å². The standard InChI is InChI=1S/C15H14BrClN2O2/c1-9-7-15(19(20)21)13(17)8-14(9)18-10(2)11-3-5-12(16)6-4-11/h3-8,10,18H,1-2H3. The maximum absolute atomic E-state index is 10.9. The van der Waals surface area contributed by atoms with Crippen molar-refractivity contribution in [2.24, 2.45) is 0 Å². The van der Waals surface area contributed by atoms with Crippen LogP contribution >= 0.6 is 27.5 Å². The van der Waals surface area contributed by atoms with Crippen molar-refractivity contribution in [1.82, 2.24) is 0 Å². The van der Waals surface area contributed by atoms with Gasteiger partial charge in [0.25, 0.3) is 5.69 Å². The van der Waals surface area contributed by atoms with Gasteiger partial charge in [-0.2, -0.15) is 0 Å². The number of halogens is 2. The van der Waals surface area contributed by atoms with E-state index in [1.807, 2.05) is 38.1 Å². The molecule has 1 N–H and O–H groups in total. The molecule has 6 heteroatoms. The second kappa shape index (κ2) is 6.45. The quantitative estimate of drug-likeness (QED) is 0.572. The Bertz CT molecular complexity index is 674. The first kappa shape index (κ1) is 15.8. The number of nitro groups is 1. The fourth-order valence-corrected chi connectivity index (χ4v) is 2.53. The van der Waals surface area contributed by atoms with Crippen molar-refractivity contribution in [2.45, 2.75) is 19.9 Å². The molecule has 0 amide bonds. The average Bonchev–Trinajstić information content (AvgIpc) is 2.42. The predicted molar refractivity (Wildman–Crippen MR) is 89.0 cm³/mol. The molecule has 0 aliphatic rings. The summed E-state index contributed by atoms with van der Waals surface area (Å²) in [6.07, 6.45) is 0. The zero-order chi connectivity index (χ0) is 15.6. The van der Waals surface area contributed by atoms with Crippen LogP contribution in [0.15, 0.2) is 40.9 Å². The van der Waals surface area contributed by atoms with Crippen molar-refractivity contribution >= 4 is 38.9 Å². The Morgan fingerprint density at radius 1 is 1.29 bits per heavy atom.